The highest BCUT2D eigenvalue weighted by atomic mass is 16.3. The van der Waals surface area contributed by atoms with Gasteiger partial charge in [-0.15, -0.1) is 0 Å². The number of hydrogen-bond acceptors (Lipinski definition) is 2. The smallest absolute Gasteiger partial charge is 0.225 e. The average Bonchev–Trinajstić information content (AvgIpc) is 2.54. The third kappa shape index (κ3) is 3.28. The van der Waals surface area contributed by atoms with Crippen molar-refractivity contribution in [1.29, 1.82) is 0 Å². The molecule has 0 bridgehead atoms. The zero-order chi connectivity index (χ0) is 14.8. The monoisotopic (exact) mass is 293 g/mol. The number of likely N-dealkylation sites (tertiary alicyclic amines) is 1. The molecule has 3 rings (SSSR count). The van der Waals surface area contributed by atoms with E-state index < -0.39 is 0 Å². The van der Waals surface area contributed by atoms with Gasteiger partial charge >= 0.3 is 0 Å². The van der Waals surface area contributed by atoms with E-state index in [1.165, 1.54) is 32.1 Å². The molecule has 2 saturated carbocycles. The lowest BCUT2D eigenvalue weighted by Gasteiger charge is -2.42. The van der Waals surface area contributed by atoms with Crippen molar-refractivity contribution in [2.24, 2.45) is 23.7 Å². The van der Waals surface area contributed by atoms with Gasteiger partial charge in [0.1, 0.15) is 0 Å². The molecule has 0 radical (unpaired) electrons. The molecule has 3 fully saturated rings. The van der Waals surface area contributed by atoms with E-state index in [-0.39, 0.29) is 17.9 Å². The highest BCUT2D eigenvalue weighted by Crippen LogP contribution is 2.43. The van der Waals surface area contributed by atoms with Crippen LogP contribution in [0.4, 0.5) is 0 Å². The van der Waals surface area contributed by atoms with E-state index in [0.717, 1.165) is 50.6 Å². The summed E-state index contributed by atoms with van der Waals surface area (Å²) in [6.45, 7) is 3.66. The summed E-state index contributed by atoms with van der Waals surface area (Å²) in [6.07, 6.45) is 10.6. The Kier molecular flexibility index (Phi) is 4.88. The van der Waals surface area contributed by atoms with E-state index >= 15 is 0 Å². The lowest BCUT2D eigenvalue weighted by atomic mass is 9.67. The molecule has 0 spiro atoms. The van der Waals surface area contributed by atoms with Gasteiger partial charge < -0.3 is 10.0 Å². The molecule has 3 aliphatic rings. The van der Waals surface area contributed by atoms with Gasteiger partial charge in [0.2, 0.25) is 5.91 Å². The predicted molar refractivity (Wildman–Crippen MR) is 83.8 cm³/mol. The summed E-state index contributed by atoms with van der Waals surface area (Å²) in [7, 11) is 0. The van der Waals surface area contributed by atoms with Crippen LogP contribution in [0, 0.1) is 23.7 Å². The number of piperidine rings is 1. The van der Waals surface area contributed by atoms with Crippen molar-refractivity contribution < 1.29 is 9.90 Å². The summed E-state index contributed by atoms with van der Waals surface area (Å²) >= 11 is 0. The minimum absolute atomic E-state index is 0.201. The van der Waals surface area contributed by atoms with Gasteiger partial charge in [0.25, 0.3) is 0 Å². The van der Waals surface area contributed by atoms with Crippen LogP contribution in [0.3, 0.4) is 0 Å². The van der Waals surface area contributed by atoms with Crippen LogP contribution in [0.15, 0.2) is 0 Å². The van der Waals surface area contributed by atoms with Crippen LogP contribution in [0.1, 0.15) is 64.7 Å². The van der Waals surface area contributed by atoms with Crippen molar-refractivity contribution >= 4 is 5.91 Å². The lowest BCUT2D eigenvalue weighted by molar-refractivity contribution is -0.141. The number of amides is 1. The fourth-order valence-corrected chi connectivity index (χ4v) is 4.98. The molecule has 0 aromatic heterocycles. The fourth-order valence-electron chi connectivity index (χ4n) is 4.98. The summed E-state index contributed by atoms with van der Waals surface area (Å²) in [6, 6.07) is 0. The summed E-state index contributed by atoms with van der Waals surface area (Å²) in [4.78, 5) is 14.9. The van der Waals surface area contributed by atoms with Crippen LogP contribution >= 0.6 is 0 Å². The number of carbonyl (C=O) groups is 1. The predicted octanol–water partition coefficient (Wildman–Crippen LogP) is 3.21. The van der Waals surface area contributed by atoms with E-state index in [0.29, 0.717) is 5.91 Å². The van der Waals surface area contributed by atoms with E-state index in [2.05, 4.69) is 11.8 Å². The van der Waals surface area contributed by atoms with Crippen molar-refractivity contribution in [2.45, 2.75) is 70.8 Å². The lowest BCUT2D eigenvalue weighted by Crippen LogP contribution is -2.48. The summed E-state index contributed by atoms with van der Waals surface area (Å²) < 4.78 is 0. The highest BCUT2D eigenvalue weighted by molar-refractivity contribution is 5.79. The second-order valence-corrected chi connectivity index (χ2v) is 7.62. The quantitative estimate of drug-likeness (QED) is 0.849. The number of nitrogens with zero attached hydrogens (tertiary/aromatic N) is 1. The SMILES string of the molecule is CCC1CN(C(=O)C2CCC3CCCCC3C2)CCC1O. The number of fused-ring (bicyclic) bond motifs is 1. The molecule has 1 heterocycles. The summed E-state index contributed by atoms with van der Waals surface area (Å²) in [5.74, 6) is 2.68. The molecular formula is C18H31NO2. The van der Waals surface area contributed by atoms with Gasteiger partial charge in [-0.05, 0) is 43.9 Å². The second kappa shape index (κ2) is 6.68. The average molecular weight is 293 g/mol. The van der Waals surface area contributed by atoms with E-state index in [1.807, 2.05) is 0 Å². The van der Waals surface area contributed by atoms with Gasteiger partial charge in [-0.3, -0.25) is 4.79 Å². The molecular weight excluding hydrogens is 262 g/mol. The minimum atomic E-state index is -0.201. The Labute approximate surface area is 129 Å². The number of hydrogen-bond donors (Lipinski definition) is 1. The molecule has 1 amide bonds. The van der Waals surface area contributed by atoms with Gasteiger partial charge in [-0.25, -0.2) is 0 Å². The zero-order valence-corrected chi connectivity index (χ0v) is 13.5. The highest BCUT2D eigenvalue weighted by Gasteiger charge is 2.38. The van der Waals surface area contributed by atoms with Gasteiger partial charge in [-0.1, -0.05) is 32.6 Å². The Hall–Kier alpha value is -0.570. The van der Waals surface area contributed by atoms with Crippen molar-refractivity contribution in [3.8, 4) is 0 Å². The second-order valence-electron chi connectivity index (χ2n) is 7.62. The molecule has 21 heavy (non-hydrogen) atoms. The molecule has 3 heteroatoms. The maximum Gasteiger partial charge on any atom is 0.225 e. The van der Waals surface area contributed by atoms with Gasteiger partial charge in [0, 0.05) is 24.9 Å². The van der Waals surface area contributed by atoms with Crippen molar-refractivity contribution in [2.75, 3.05) is 13.1 Å². The molecule has 1 N–H and O–H groups in total. The van der Waals surface area contributed by atoms with E-state index in [9.17, 15) is 9.90 Å². The van der Waals surface area contributed by atoms with Crippen LogP contribution in [0.2, 0.25) is 0 Å². The Morgan fingerprint density at radius 3 is 2.62 bits per heavy atom. The van der Waals surface area contributed by atoms with Gasteiger partial charge in [0.05, 0.1) is 6.10 Å². The Bertz CT molecular complexity index is 370. The van der Waals surface area contributed by atoms with Gasteiger partial charge in [0.15, 0.2) is 0 Å². The first-order chi connectivity index (χ1) is 10.2. The minimum Gasteiger partial charge on any atom is -0.393 e. The third-order valence-electron chi connectivity index (χ3n) is 6.42. The molecule has 5 atom stereocenters. The van der Waals surface area contributed by atoms with E-state index in [4.69, 9.17) is 0 Å². The molecule has 5 unspecified atom stereocenters. The van der Waals surface area contributed by atoms with Crippen LogP contribution < -0.4 is 0 Å². The van der Waals surface area contributed by atoms with Crippen LogP contribution in [0.5, 0.6) is 0 Å². The molecule has 120 valence electrons. The summed E-state index contributed by atoms with van der Waals surface area (Å²) in [5.41, 5.74) is 0. The molecule has 3 nitrogen and oxygen atoms in total. The third-order valence-corrected chi connectivity index (χ3v) is 6.42. The molecule has 2 aliphatic carbocycles. The summed E-state index contributed by atoms with van der Waals surface area (Å²) in [5, 5.41) is 10.00. The Balaban J connectivity index is 1.58. The van der Waals surface area contributed by atoms with E-state index in [1.54, 1.807) is 0 Å². The maximum atomic E-state index is 12.8. The first-order valence-corrected chi connectivity index (χ1v) is 9.16. The van der Waals surface area contributed by atoms with Crippen molar-refractivity contribution in [3.63, 3.8) is 0 Å². The first kappa shape index (κ1) is 15.3. The topological polar surface area (TPSA) is 40.5 Å². The van der Waals surface area contributed by atoms with Crippen molar-refractivity contribution in [3.05, 3.63) is 0 Å². The first-order valence-electron chi connectivity index (χ1n) is 9.16. The van der Waals surface area contributed by atoms with Gasteiger partial charge in [-0.2, -0.15) is 0 Å². The maximum absolute atomic E-state index is 12.8. The number of aliphatic hydroxyl groups excluding tert-OH is 1. The fraction of sp³-hybridized carbons (Fsp3) is 0.944. The standard InChI is InChI=1S/C18H31NO2/c1-2-13-12-19(10-9-17(13)20)18(21)16-8-7-14-5-3-4-6-15(14)11-16/h13-17,20H,2-12H2,1H3. The number of carbonyl (C=O) groups excluding carboxylic acids is 1. The zero-order valence-electron chi connectivity index (χ0n) is 13.5. The van der Waals surface area contributed by atoms with Crippen molar-refractivity contribution in [1.82, 2.24) is 4.90 Å². The molecule has 0 aromatic rings. The van der Waals surface area contributed by atoms with Crippen LogP contribution in [-0.4, -0.2) is 35.1 Å². The molecule has 0 aromatic carbocycles. The van der Waals surface area contributed by atoms with Crippen LogP contribution in [0.25, 0.3) is 0 Å². The molecule has 1 aliphatic heterocycles. The normalized spacial score (nSPS) is 40.7. The largest absolute Gasteiger partial charge is 0.393 e. The Morgan fingerprint density at radius 1 is 1.10 bits per heavy atom. The number of aliphatic hydroxyl groups is 1. The van der Waals surface area contributed by atoms with Crippen LogP contribution in [-0.2, 0) is 4.79 Å². The number of rotatable bonds is 2. The Morgan fingerprint density at radius 2 is 1.86 bits per heavy atom. The molecule has 1 saturated heterocycles.